The first kappa shape index (κ1) is 17.2. The second-order valence-electron chi connectivity index (χ2n) is 4.87. The summed E-state index contributed by atoms with van der Waals surface area (Å²) >= 11 is 0. The van der Waals surface area contributed by atoms with Gasteiger partial charge in [0, 0.05) is 11.9 Å². The van der Waals surface area contributed by atoms with E-state index in [2.05, 4.69) is 10.3 Å². The van der Waals surface area contributed by atoms with E-state index >= 15 is 0 Å². The number of anilines is 1. The van der Waals surface area contributed by atoms with Crippen LogP contribution >= 0.6 is 0 Å². The van der Waals surface area contributed by atoms with Crippen LogP contribution in [-0.4, -0.2) is 13.4 Å². The molecule has 0 bridgehead atoms. The highest BCUT2D eigenvalue weighted by Gasteiger charge is 2.34. The Labute approximate surface area is 131 Å². The average molecular weight is 345 g/mol. The van der Waals surface area contributed by atoms with Crippen LogP contribution in [0, 0.1) is 6.92 Å². The molecule has 0 saturated heterocycles. The Kier molecular flexibility index (Phi) is 4.62. The summed E-state index contributed by atoms with van der Waals surface area (Å²) in [6, 6.07) is 6.10. The molecule has 0 spiro atoms. The van der Waals surface area contributed by atoms with Crippen molar-refractivity contribution in [3.05, 3.63) is 53.3 Å². The van der Waals surface area contributed by atoms with E-state index in [-0.39, 0.29) is 12.2 Å². The van der Waals surface area contributed by atoms with Gasteiger partial charge >= 0.3 is 6.18 Å². The van der Waals surface area contributed by atoms with Crippen LogP contribution in [0.5, 0.6) is 0 Å². The zero-order valence-corrected chi connectivity index (χ0v) is 12.9. The summed E-state index contributed by atoms with van der Waals surface area (Å²) in [6.07, 6.45) is -3.18. The van der Waals surface area contributed by atoms with Gasteiger partial charge in [0.25, 0.3) is 0 Å². The lowest BCUT2D eigenvalue weighted by Gasteiger charge is -2.16. The highest BCUT2D eigenvalue weighted by Crippen LogP contribution is 2.36. The summed E-state index contributed by atoms with van der Waals surface area (Å²) in [7, 11) is -4.22. The molecular formula is C14H14F3N3O2S. The number of benzene rings is 1. The number of hydrogen-bond acceptors (Lipinski definition) is 4. The van der Waals surface area contributed by atoms with Gasteiger partial charge in [0.1, 0.15) is 0 Å². The number of primary sulfonamides is 1. The molecule has 1 aromatic heterocycles. The van der Waals surface area contributed by atoms with Crippen molar-refractivity contribution in [2.24, 2.45) is 5.14 Å². The van der Waals surface area contributed by atoms with Crippen LogP contribution in [0.1, 0.15) is 16.8 Å². The van der Waals surface area contributed by atoms with Crippen LogP contribution in [-0.2, 0) is 22.7 Å². The number of sulfonamides is 1. The maximum absolute atomic E-state index is 13.1. The first-order chi connectivity index (χ1) is 10.6. The van der Waals surface area contributed by atoms with Crippen molar-refractivity contribution in [1.29, 1.82) is 0 Å². The van der Waals surface area contributed by atoms with E-state index in [4.69, 9.17) is 5.14 Å². The molecule has 1 heterocycles. The third-order valence-corrected chi connectivity index (χ3v) is 4.10. The van der Waals surface area contributed by atoms with E-state index in [1.54, 1.807) is 25.3 Å². The van der Waals surface area contributed by atoms with Crippen LogP contribution in [0.15, 0.2) is 41.4 Å². The topological polar surface area (TPSA) is 85.1 Å². The highest BCUT2D eigenvalue weighted by molar-refractivity contribution is 7.89. The first-order valence-corrected chi connectivity index (χ1v) is 8.02. The fourth-order valence-electron chi connectivity index (χ4n) is 1.97. The van der Waals surface area contributed by atoms with Gasteiger partial charge in [-0.2, -0.15) is 13.2 Å². The monoisotopic (exact) mass is 345 g/mol. The Bertz CT molecular complexity index is 820. The Balaban J connectivity index is 2.37. The molecule has 0 unspecified atom stereocenters. The summed E-state index contributed by atoms with van der Waals surface area (Å²) in [4.78, 5) is 3.49. The van der Waals surface area contributed by atoms with Crippen molar-refractivity contribution in [3.8, 4) is 0 Å². The number of pyridine rings is 1. The standard InChI is InChI=1S/C14H14F3N3O2S/c1-9-3-2-6-19-13(9)8-20-12-5-4-10(23(18,21)22)7-11(12)14(15,16)17/h2-7,20H,8H2,1H3,(H2,18,21,22). The summed E-state index contributed by atoms with van der Waals surface area (Å²) in [5.41, 5.74) is 0.0819. The molecule has 5 nitrogen and oxygen atoms in total. The van der Waals surface area contributed by atoms with Gasteiger partial charge in [0.05, 0.1) is 22.7 Å². The molecule has 0 amide bonds. The lowest BCUT2D eigenvalue weighted by atomic mass is 10.1. The number of rotatable bonds is 4. The number of nitrogens with two attached hydrogens (primary N) is 1. The zero-order chi connectivity index (χ0) is 17.3. The lowest BCUT2D eigenvalue weighted by Crippen LogP contribution is -2.16. The summed E-state index contributed by atoms with van der Waals surface area (Å²) in [5.74, 6) is 0. The number of alkyl halides is 3. The average Bonchev–Trinajstić information content (AvgIpc) is 2.44. The smallest absolute Gasteiger partial charge is 0.379 e. The summed E-state index contributed by atoms with van der Waals surface area (Å²) < 4.78 is 61.8. The van der Waals surface area contributed by atoms with Gasteiger partial charge < -0.3 is 5.32 Å². The third kappa shape index (κ3) is 4.20. The quantitative estimate of drug-likeness (QED) is 0.892. The van der Waals surface area contributed by atoms with Crippen LogP contribution in [0.2, 0.25) is 0 Å². The van der Waals surface area contributed by atoms with Crippen molar-refractivity contribution >= 4 is 15.7 Å². The van der Waals surface area contributed by atoms with Gasteiger partial charge in [0.2, 0.25) is 10.0 Å². The molecule has 23 heavy (non-hydrogen) atoms. The number of nitrogens with zero attached hydrogens (tertiary/aromatic N) is 1. The lowest BCUT2D eigenvalue weighted by molar-refractivity contribution is -0.137. The molecule has 2 rings (SSSR count). The number of nitrogens with one attached hydrogen (secondary N) is 1. The molecule has 0 aliphatic rings. The van der Waals surface area contributed by atoms with E-state index in [1.165, 1.54) is 0 Å². The second kappa shape index (κ2) is 6.17. The van der Waals surface area contributed by atoms with E-state index in [0.29, 0.717) is 11.8 Å². The minimum absolute atomic E-state index is 0.0739. The predicted molar refractivity (Wildman–Crippen MR) is 79.1 cm³/mol. The van der Waals surface area contributed by atoms with E-state index in [1.807, 2.05) is 0 Å². The van der Waals surface area contributed by atoms with Crippen LogP contribution in [0.4, 0.5) is 18.9 Å². The van der Waals surface area contributed by atoms with E-state index < -0.39 is 26.7 Å². The van der Waals surface area contributed by atoms with E-state index in [9.17, 15) is 21.6 Å². The third-order valence-electron chi connectivity index (χ3n) is 3.19. The molecule has 2 aromatic rings. The Morgan fingerprint density at radius 1 is 1.26 bits per heavy atom. The molecule has 0 radical (unpaired) electrons. The second-order valence-corrected chi connectivity index (χ2v) is 6.43. The van der Waals surface area contributed by atoms with Gasteiger partial charge in [-0.1, -0.05) is 6.07 Å². The van der Waals surface area contributed by atoms with Crippen molar-refractivity contribution < 1.29 is 21.6 Å². The number of halogens is 3. The SMILES string of the molecule is Cc1cccnc1CNc1ccc(S(N)(=O)=O)cc1C(F)(F)F. The van der Waals surface area contributed by atoms with Gasteiger partial charge in [0.15, 0.2) is 0 Å². The molecular weight excluding hydrogens is 331 g/mol. The molecule has 9 heteroatoms. The molecule has 1 aromatic carbocycles. The normalized spacial score (nSPS) is 12.2. The molecule has 0 atom stereocenters. The number of hydrogen-bond donors (Lipinski definition) is 2. The van der Waals surface area contributed by atoms with Crippen molar-refractivity contribution in [2.45, 2.75) is 24.5 Å². The summed E-state index contributed by atoms with van der Waals surface area (Å²) in [5, 5.41) is 7.52. The Morgan fingerprint density at radius 2 is 1.96 bits per heavy atom. The first-order valence-electron chi connectivity index (χ1n) is 6.47. The Morgan fingerprint density at radius 3 is 2.52 bits per heavy atom. The molecule has 0 saturated carbocycles. The van der Waals surface area contributed by atoms with Crippen molar-refractivity contribution in [2.75, 3.05) is 5.32 Å². The van der Waals surface area contributed by atoms with Crippen LogP contribution < -0.4 is 10.5 Å². The molecule has 0 aliphatic heterocycles. The fourth-order valence-corrected chi connectivity index (χ4v) is 2.51. The van der Waals surface area contributed by atoms with Gasteiger partial charge in [-0.3, -0.25) is 4.98 Å². The molecule has 124 valence electrons. The minimum atomic E-state index is -4.72. The Hall–Kier alpha value is -2.13. The van der Waals surface area contributed by atoms with Crippen LogP contribution in [0.3, 0.4) is 0 Å². The summed E-state index contributed by atoms with van der Waals surface area (Å²) in [6.45, 7) is 1.86. The molecule has 0 fully saturated rings. The number of aromatic nitrogens is 1. The number of aryl methyl sites for hydroxylation is 1. The van der Waals surface area contributed by atoms with Crippen molar-refractivity contribution in [1.82, 2.24) is 4.98 Å². The maximum atomic E-state index is 13.1. The van der Waals surface area contributed by atoms with Crippen LogP contribution in [0.25, 0.3) is 0 Å². The molecule has 0 aliphatic carbocycles. The predicted octanol–water partition coefficient (Wildman–Crippen LogP) is 2.67. The van der Waals surface area contributed by atoms with Gasteiger partial charge in [-0.15, -0.1) is 0 Å². The van der Waals surface area contributed by atoms with Gasteiger partial charge in [-0.25, -0.2) is 13.6 Å². The van der Waals surface area contributed by atoms with E-state index in [0.717, 1.165) is 17.7 Å². The van der Waals surface area contributed by atoms with Gasteiger partial charge in [-0.05, 0) is 36.8 Å². The molecule has 3 N–H and O–H groups in total. The minimum Gasteiger partial charge on any atom is -0.379 e. The maximum Gasteiger partial charge on any atom is 0.418 e. The zero-order valence-electron chi connectivity index (χ0n) is 12.1. The van der Waals surface area contributed by atoms with Crippen molar-refractivity contribution in [3.63, 3.8) is 0 Å². The largest absolute Gasteiger partial charge is 0.418 e. The highest BCUT2D eigenvalue weighted by atomic mass is 32.2. The fraction of sp³-hybridized carbons (Fsp3) is 0.214.